The number of ether oxygens (including phenoxy) is 1. The lowest BCUT2D eigenvalue weighted by atomic mass is 10.2. The summed E-state index contributed by atoms with van der Waals surface area (Å²) in [5, 5.41) is 5.13. The van der Waals surface area contributed by atoms with Gasteiger partial charge in [0.05, 0.1) is 18.4 Å². The van der Waals surface area contributed by atoms with Gasteiger partial charge in [-0.2, -0.15) is 0 Å². The van der Waals surface area contributed by atoms with Gasteiger partial charge in [0.2, 0.25) is 5.91 Å². The zero-order valence-corrected chi connectivity index (χ0v) is 14.8. The van der Waals surface area contributed by atoms with Crippen molar-refractivity contribution >= 4 is 23.3 Å². The van der Waals surface area contributed by atoms with Crippen molar-refractivity contribution in [1.29, 1.82) is 0 Å². The molecule has 0 spiro atoms. The molecule has 138 valence electrons. The highest BCUT2D eigenvalue weighted by atomic mass is 19.1. The molecule has 2 rings (SSSR count). The van der Waals surface area contributed by atoms with Gasteiger partial charge in [0, 0.05) is 38.0 Å². The Hall–Kier alpha value is -3.16. The summed E-state index contributed by atoms with van der Waals surface area (Å²) in [7, 11) is 1.66. The summed E-state index contributed by atoms with van der Waals surface area (Å²) in [6.07, 6.45) is 2.74. The van der Waals surface area contributed by atoms with Gasteiger partial charge in [-0.1, -0.05) is 0 Å². The third-order valence-electron chi connectivity index (χ3n) is 3.45. The minimum atomic E-state index is -0.550. The van der Waals surface area contributed by atoms with Crippen LogP contribution < -0.4 is 15.4 Å². The van der Waals surface area contributed by atoms with Gasteiger partial charge in [-0.3, -0.25) is 9.78 Å². The fraction of sp³-hybridized carbons (Fsp3) is 0.278. The Labute approximate surface area is 151 Å². The number of benzene rings is 1. The zero-order chi connectivity index (χ0) is 19.1. The predicted molar refractivity (Wildman–Crippen MR) is 96.7 cm³/mol. The maximum Gasteiger partial charge on any atom is 0.323 e. The van der Waals surface area contributed by atoms with Crippen LogP contribution in [0.5, 0.6) is 5.75 Å². The number of hydrogen-bond donors (Lipinski definition) is 2. The molecule has 3 amide bonds. The van der Waals surface area contributed by atoms with Gasteiger partial charge < -0.3 is 20.3 Å². The molecule has 2 N–H and O–H groups in total. The molecule has 0 aliphatic carbocycles. The summed E-state index contributed by atoms with van der Waals surface area (Å²) >= 11 is 0. The van der Waals surface area contributed by atoms with E-state index in [4.69, 9.17) is 4.74 Å². The number of hydrogen-bond acceptors (Lipinski definition) is 4. The zero-order valence-electron chi connectivity index (χ0n) is 14.8. The second-order valence-corrected chi connectivity index (χ2v) is 5.82. The smallest absolute Gasteiger partial charge is 0.323 e. The minimum Gasteiger partial charge on any atom is -0.489 e. The Morgan fingerprint density at radius 1 is 1.27 bits per heavy atom. The Morgan fingerprint density at radius 3 is 2.65 bits per heavy atom. The fourth-order valence-electron chi connectivity index (χ4n) is 2.22. The van der Waals surface area contributed by atoms with Crippen LogP contribution in [-0.2, 0) is 4.79 Å². The van der Waals surface area contributed by atoms with Crippen molar-refractivity contribution < 1.29 is 18.7 Å². The number of aromatic nitrogens is 1. The molecule has 26 heavy (non-hydrogen) atoms. The summed E-state index contributed by atoms with van der Waals surface area (Å²) in [5.41, 5.74) is 0.757. The Bertz CT molecular complexity index is 770. The standard InChI is InChI=1S/C18H21FN4O3/c1-12(11-23(3)13(2)24)26-17-8-14(19)7-16(9-17)22-18(25)21-15-5-4-6-20-10-15/h4-10,12H,11H2,1-3H3,(H2,21,22,25)/t12-/m0/s1. The first kappa shape index (κ1) is 19.2. The molecule has 1 aromatic carbocycles. The maximum absolute atomic E-state index is 13.8. The molecule has 2 aromatic rings. The van der Waals surface area contributed by atoms with Crippen molar-refractivity contribution in [3.63, 3.8) is 0 Å². The van der Waals surface area contributed by atoms with Crippen LogP contribution in [0.4, 0.5) is 20.6 Å². The van der Waals surface area contributed by atoms with Crippen LogP contribution in [0.1, 0.15) is 13.8 Å². The third-order valence-corrected chi connectivity index (χ3v) is 3.45. The molecule has 7 nitrogen and oxygen atoms in total. The van der Waals surface area contributed by atoms with Crippen LogP contribution in [0, 0.1) is 5.82 Å². The van der Waals surface area contributed by atoms with Crippen LogP contribution >= 0.6 is 0 Å². The molecule has 8 heteroatoms. The van der Waals surface area contributed by atoms with E-state index in [1.54, 1.807) is 32.3 Å². The van der Waals surface area contributed by atoms with Gasteiger partial charge in [0.1, 0.15) is 17.7 Å². The van der Waals surface area contributed by atoms with Gasteiger partial charge in [-0.25, -0.2) is 9.18 Å². The first-order chi connectivity index (χ1) is 12.3. The molecule has 0 bridgehead atoms. The molecule has 0 radical (unpaired) electrons. The number of anilines is 2. The molecule has 1 heterocycles. The number of carbonyl (C=O) groups excluding carboxylic acids is 2. The van der Waals surface area contributed by atoms with Crippen LogP contribution in [0.15, 0.2) is 42.7 Å². The van der Waals surface area contributed by atoms with Crippen molar-refractivity contribution in [1.82, 2.24) is 9.88 Å². The first-order valence-corrected chi connectivity index (χ1v) is 8.00. The van der Waals surface area contributed by atoms with E-state index < -0.39 is 11.8 Å². The maximum atomic E-state index is 13.8. The molecular weight excluding hydrogens is 339 g/mol. The van der Waals surface area contributed by atoms with Gasteiger partial charge in [0.15, 0.2) is 0 Å². The number of pyridine rings is 1. The SMILES string of the molecule is CC(=O)N(C)C[C@H](C)Oc1cc(F)cc(NC(=O)Nc2cccnc2)c1. The quantitative estimate of drug-likeness (QED) is 0.829. The van der Waals surface area contributed by atoms with E-state index in [-0.39, 0.29) is 23.4 Å². The molecule has 0 saturated carbocycles. The van der Waals surface area contributed by atoms with E-state index >= 15 is 0 Å². The molecule has 0 fully saturated rings. The molecule has 0 aliphatic rings. The van der Waals surface area contributed by atoms with E-state index in [0.29, 0.717) is 12.2 Å². The lowest BCUT2D eigenvalue weighted by molar-refractivity contribution is -0.128. The Kier molecular flexibility index (Phi) is 6.48. The van der Waals surface area contributed by atoms with Crippen molar-refractivity contribution in [3.8, 4) is 5.75 Å². The van der Waals surface area contributed by atoms with Crippen LogP contribution in [-0.4, -0.2) is 41.5 Å². The third kappa shape index (κ3) is 6.04. The number of rotatable bonds is 6. The number of likely N-dealkylation sites (N-methyl/N-ethyl adjacent to an activating group) is 1. The van der Waals surface area contributed by atoms with Gasteiger partial charge >= 0.3 is 6.03 Å². The summed E-state index contributed by atoms with van der Waals surface area (Å²) in [6, 6.07) is 6.74. The summed E-state index contributed by atoms with van der Waals surface area (Å²) in [6.45, 7) is 3.58. The fourth-order valence-corrected chi connectivity index (χ4v) is 2.22. The highest BCUT2D eigenvalue weighted by Gasteiger charge is 2.12. The monoisotopic (exact) mass is 360 g/mol. The van der Waals surface area contributed by atoms with Crippen LogP contribution in [0.25, 0.3) is 0 Å². The molecule has 0 unspecified atom stereocenters. The first-order valence-electron chi connectivity index (χ1n) is 8.00. The number of halogens is 1. The largest absolute Gasteiger partial charge is 0.489 e. The van der Waals surface area contributed by atoms with Crippen molar-refractivity contribution in [2.45, 2.75) is 20.0 Å². The Morgan fingerprint density at radius 2 is 2.00 bits per heavy atom. The summed E-state index contributed by atoms with van der Waals surface area (Å²) < 4.78 is 19.5. The van der Waals surface area contributed by atoms with Crippen LogP contribution in [0.2, 0.25) is 0 Å². The van der Waals surface area contributed by atoms with Gasteiger partial charge in [-0.15, -0.1) is 0 Å². The number of amides is 3. The van der Waals surface area contributed by atoms with Crippen LogP contribution in [0.3, 0.4) is 0 Å². The normalized spacial score (nSPS) is 11.4. The second-order valence-electron chi connectivity index (χ2n) is 5.82. The molecule has 0 saturated heterocycles. The molecular formula is C18H21FN4O3. The number of carbonyl (C=O) groups is 2. The highest BCUT2D eigenvalue weighted by molar-refractivity contribution is 5.99. The van der Waals surface area contributed by atoms with Crippen molar-refractivity contribution in [2.75, 3.05) is 24.2 Å². The van der Waals surface area contributed by atoms with Crippen molar-refractivity contribution in [2.24, 2.45) is 0 Å². The average Bonchev–Trinajstić information content (AvgIpc) is 2.54. The summed E-state index contributed by atoms with van der Waals surface area (Å²) in [4.78, 5) is 28.6. The van der Waals surface area contributed by atoms with E-state index in [2.05, 4.69) is 15.6 Å². The van der Waals surface area contributed by atoms with E-state index in [9.17, 15) is 14.0 Å². The van der Waals surface area contributed by atoms with E-state index in [1.165, 1.54) is 36.2 Å². The summed E-state index contributed by atoms with van der Waals surface area (Å²) in [5.74, 6) is -0.383. The number of nitrogens with one attached hydrogen (secondary N) is 2. The molecule has 1 aromatic heterocycles. The molecule has 1 atom stereocenters. The lowest BCUT2D eigenvalue weighted by Crippen LogP contribution is -2.34. The lowest BCUT2D eigenvalue weighted by Gasteiger charge is -2.21. The van der Waals surface area contributed by atoms with Gasteiger partial charge in [-0.05, 0) is 25.1 Å². The van der Waals surface area contributed by atoms with Crippen molar-refractivity contribution in [3.05, 3.63) is 48.5 Å². The molecule has 0 aliphatic heterocycles. The average molecular weight is 360 g/mol. The number of urea groups is 1. The predicted octanol–water partition coefficient (Wildman–Crippen LogP) is 3.11. The van der Waals surface area contributed by atoms with E-state index in [0.717, 1.165) is 0 Å². The topological polar surface area (TPSA) is 83.6 Å². The Balaban J connectivity index is 2.00. The van der Waals surface area contributed by atoms with E-state index in [1.807, 2.05) is 0 Å². The van der Waals surface area contributed by atoms with Gasteiger partial charge in [0.25, 0.3) is 0 Å². The minimum absolute atomic E-state index is 0.0888. The number of nitrogens with zero attached hydrogens (tertiary/aromatic N) is 2. The second kappa shape index (κ2) is 8.80. The highest BCUT2D eigenvalue weighted by Crippen LogP contribution is 2.22.